The van der Waals surface area contributed by atoms with Crippen molar-refractivity contribution in [3.8, 4) is 0 Å². The Kier molecular flexibility index (Phi) is 5.19. The standard InChI is InChI=1S/C11H20N2OS/c1-9-3-6-13(7-4-9)11(14)10(12)5-8-15-2/h3,10H,4-8,12H2,1-2H3/t10-/m1/s1. The average Bonchev–Trinajstić information content (AvgIpc) is 2.26. The Balaban J connectivity index is 2.40. The molecule has 0 bridgehead atoms. The number of carbonyl (C=O) groups excluding carboxylic acids is 1. The molecular weight excluding hydrogens is 208 g/mol. The van der Waals surface area contributed by atoms with Crippen molar-refractivity contribution in [3.05, 3.63) is 11.6 Å². The van der Waals surface area contributed by atoms with Gasteiger partial charge in [-0.2, -0.15) is 11.8 Å². The fraction of sp³-hybridized carbons (Fsp3) is 0.727. The second-order valence-electron chi connectivity index (χ2n) is 3.97. The maximum Gasteiger partial charge on any atom is 0.239 e. The number of thioether (sulfide) groups is 1. The van der Waals surface area contributed by atoms with Gasteiger partial charge in [-0.1, -0.05) is 11.6 Å². The number of rotatable bonds is 4. The van der Waals surface area contributed by atoms with Crippen molar-refractivity contribution in [2.75, 3.05) is 25.1 Å². The zero-order valence-corrected chi connectivity index (χ0v) is 10.3. The van der Waals surface area contributed by atoms with E-state index < -0.39 is 0 Å². The van der Waals surface area contributed by atoms with Crippen LogP contribution in [0.25, 0.3) is 0 Å². The Labute approximate surface area is 96.1 Å². The highest BCUT2D eigenvalue weighted by Crippen LogP contribution is 2.11. The quantitative estimate of drug-likeness (QED) is 0.737. The molecule has 3 nitrogen and oxygen atoms in total. The Morgan fingerprint density at radius 3 is 3.00 bits per heavy atom. The molecule has 0 saturated carbocycles. The van der Waals surface area contributed by atoms with Gasteiger partial charge < -0.3 is 10.6 Å². The van der Waals surface area contributed by atoms with Crippen molar-refractivity contribution in [1.82, 2.24) is 4.90 Å². The van der Waals surface area contributed by atoms with Gasteiger partial charge in [-0.15, -0.1) is 0 Å². The summed E-state index contributed by atoms with van der Waals surface area (Å²) in [5, 5.41) is 0. The molecule has 1 rings (SSSR count). The van der Waals surface area contributed by atoms with E-state index in [1.165, 1.54) is 5.57 Å². The third-order valence-electron chi connectivity index (χ3n) is 2.70. The summed E-state index contributed by atoms with van der Waals surface area (Å²) in [6.45, 7) is 3.67. The lowest BCUT2D eigenvalue weighted by Crippen LogP contribution is -2.45. The smallest absolute Gasteiger partial charge is 0.239 e. The van der Waals surface area contributed by atoms with E-state index in [4.69, 9.17) is 5.73 Å². The molecule has 1 amide bonds. The molecule has 1 atom stereocenters. The number of hydrogen-bond donors (Lipinski definition) is 1. The van der Waals surface area contributed by atoms with Gasteiger partial charge in [0, 0.05) is 13.1 Å². The summed E-state index contributed by atoms with van der Waals surface area (Å²) in [6.07, 6.45) is 5.91. The first kappa shape index (κ1) is 12.6. The molecule has 0 aromatic carbocycles. The van der Waals surface area contributed by atoms with Gasteiger partial charge in [-0.3, -0.25) is 4.79 Å². The molecule has 15 heavy (non-hydrogen) atoms. The second-order valence-corrected chi connectivity index (χ2v) is 4.96. The number of nitrogens with two attached hydrogens (primary N) is 1. The van der Waals surface area contributed by atoms with Crippen molar-refractivity contribution < 1.29 is 4.79 Å². The second kappa shape index (κ2) is 6.18. The molecule has 0 aliphatic carbocycles. The maximum absolute atomic E-state index is 11.9. The van der Waals surface area contributed by atoms with Crippen molar-refractivity contribution in [2.24, 2.45) is 5.73 Å². The Morgan fingerprint density at radius 1 is 1.73 bits per heavy atom. The molecule has 0 spiro atoms. The number of amides is 1. The number of carbonyl (C=O) groups is 1. The summed E-state index contributed by atoms with van der Waals surface area (Å²) in [7, 11) is 0. The molecule has 86 valence electrons. The Morgan fingerprint density at radius 2 is 2.47 bits per heavy atom. The van der Waals surface area contributed by atoms with Gasteiger partial charge in [0.15, 0.2) is 0 Å². The predicted molar refractivity (Wildman–Crippen MR) is 65.9 cm³/mol. The molecule has 0 radical (unpaired) electrons. The van der Waals surface area contributed by atoms with Gasteiger partial charge in [-0.05, 0) is 31.8 Å². The van der Waals surface area contributed by atoms with E-state index in [0.29, 0.717) is 0 Å². The summed E-state index contributed by atoms with van der Waals surface area (Å²) in [5.74, 6) is 1.06. The van der Waals surface area contributed by atoms with Crippen LogP contribution in [0.3, 0.4) is 0 Å². The van der Waals surface area contributed by atoms with Crippen molar-refractivity contribution in [3.63, 3.8) is 0 Å². The van der Waals surface area contributed by atoms with E-state index in [0.717, 1.165) is 31.7 Å². The molecule has 0 saturated heterocycles. The molecule has 0 aromatic heterocycles. The van der Waals surface area contributed by atoms with Gasteiger partial charge >= 0.3 is 0 Å². The monoisotopic (exact) mass is 228 g/mol. The van der Waals surface area contributed by atoms with E-state index in [1.54, 1.807) is 11.8 Å². The zero-order chi connectivity index (χ0) is 11.3. The molecular formula is C11H20N2OS. The van der Waals surface area contributed by atoms with E-state index in [-0.39, 0.29) is 11.9 Å². The van der Waals surface area contributed by atoms with Gasteiger partial charge in [0.05, 0.1) is 6.04 Å². The third-order valence-corrected chi connectivity index (χ3v) is 3.34. The van der Waals surface area contributed by atoms with Crippen LogP contribution < -0.4 is 5.73 Å². The number of hydrogen-bond acceptors (Lipinski definition) is 3. The molecule has 4 heteroatoms. The van der Waals surface area contributed by atoms with Crippen molar-refractivity contribution in [2.45, 2.75) is 25.8 Å². The lowest BCUT2D eigenvalue weighted by molar-refractivity contribution is -0.132. The summed E-state index contributed by atoms with van der Waals surface area (Å²) in [4.78, 5) is 13.7. The SMILES string of the molecule is CSCC[C@@H](N)C(=O)N1CC=C(C)CC1. The van der Waals surface area contributed by atoms with E-state index >= 15 is 0 Å². The van der Waals surface area contributed by atoms with Gasteiger partial charge in [-0.25, -0.2) is 0 Å². The van der Waals surface area contributed by atoms with Gasteiger partial charge in [0.25, 0.3) is 0 Å². The van der Waals surface area contributed by atoms with Crippen molar-refractivity contribution >= 4 is 17.7 Å². The fourth-order valence-electron chi connectivity index (χ4n) is 1.57. The van der Waals surface area contributed by atoms with Crippen molar-refractivity contribution in [1.29, 1.82) is 0 Å². The minimum absolute atomic E-state index is 0.104. The molecule has 1 heterocycles. The lowest BCUT2D eigenvalue weighted by Gasteiger charge is -2.28. The molecule has 1 aliphatic heterocycles. The molecule has 0 fully saturated rings. The summed E-state index contributed by atoms with van der Waals surface area (Å²) >= 11 is 1.73. The Hall–Kier alpha value is -0.480. The molecule has 0 aromatic rings. The van der Waals surface area contributed by atoms with Crippen LogP contribution in [0.1, 0.15) is 19.8 Å². The first-order valence-electron chi connectivity index (χ1n) is 5.34. The minimum atomic E-state index is -0.316. The first-order valence-corrected chi connectivity index (χ1v) is 6.73. The average molecular weight is 228 g/mol. The molecule has 1 aliphatic rings. The van der Waals surface area contributed by atoms with Crippen LogP contribution in [-0.2, 0) is 4.79 Å². The molecule has 2 N–H and O–H groups in total. The van der Waals surface area contributed by atoms with Crippen LogP contribution >= 0.6 is 11.8 Å². The molecule has 0 unspecified atom stereocenters. The van der Waals surface area contributed by atoms with Crippen LogP contribution in [0.2, 0.25) is 0 Å². The normalized spacial score (nSPS) is 18.6. The van der Waals surface area contributed by atoms with Crippen LogP contribution in [0, 0.1) is 0 Å². The van der Waals surface area contributed by atoms with E-state index in [9.17, 15) is 4.79 Å². The summed E-state index contributed by atoms with van der Waals surface area (Å²) < 4.78 is 0. The van der Waals surface area contributed by atoms with Crippen LogP contribution in [0.15, 0.2) is 11.6 Å². The Bertz CT molecular complexity index is 253. The topological polar surface area (TPSA) is 46.3 Å². The predicted octanol–water partition coefficient (Wildman–Crippen LogP) is 1.25. The highest BCUT2D eigenvalue weighted by molar-refractivity contribution is 7.98. The largest absolute Gasteiger partial charge is 0.337 e. The fourth-order valence-corrected chi connectivity index (χ4v) is 2.06. The van der Waals surface area contributed by atoms with E-state index in [1.807, 2.05) is 11.2 Å². The van der Waals surface area contributed by atoms with Gasteiger partial charge in [0.1, 0.15) is 0 Å². The lowest BCUT2D eigenvalue weighted by atomic mass is 10.1. The number of nitrogens with zero attached hydrogens (tertiary/aromatic N) is 1. The highest BCUT2D eigenvalue weighted by atomic mass is 32.2. The third kappa shape index (κ3) is 3.87. The highest BCUT2D eigenvalue weighted by Gasteiger charge is 2.21. The van der Waals surface area contributed by atoms with E-state index in [2.05, 4.69) is 13.0 Å². The zero-order valence-electron chi connectivity index (χ0n) is 9.53. The minimum Gasteiger partial charge on any atom is -0.337 e. The van der Waals surface area contributed by atoms with Crippen LogP contribution in [-0.4, -0.2) is 41.9 Å². The first-order chi connectivity index (χ1) is 7.15. The van der Waals surface area contributed by atoms with Gasteiger partial charge in [0.2, 0.25) is 5.91 Å². The van der Waals surface area contributed by atoms with Crippen LogP contribution in [0.5, 0.6) is 0 Å². The van der Waals surface area contributed by atoms with Crippen LogP contribution in [0.4, 0.5) is 0 Å². The maximum atomic E-state index is 11.9. The summed E-state index contributed by atoms with van der Waals surface area (Å²) in [6, 6.07) is -0.316. The summed E-state index contributed by atoms with van der Waals surface area (Å²) in [5.41, 5.74) is 7.22.